The first-order valence-corrected chi connectivity index (χ1v) is 6.56. The fourth-order valence-electron chi connectivity index (χ4n) is 3.07. The summed E-state index contributed by atoms with van der Waals surface area (Å²) in [5, 5.41) is 11.8. The van der Waals surface area contributed by atoms with Gasteiger partial charge in [-0.3, -0.25) is 0 Å². The van der Waals surface area contributed by atoms with E-state index in [2.05, 4.69) is 20.3 Å². The topological polar surface area (TPSA) is 42.7 Å². The fourth-order valence-corrected chi connectivity index (χ4v) is 3.07. The predicted molar refractivity (Wildman–Crippen MR) is 62.4 cm³/mol. The molecule has 4 nitrogen and oxygen atoms in total. The van der Waals surface area contributed by atoms with Gasteiger partial charge in [-0.15, -0.1) is 5.10 Å². The van der Waals surface area contributed by atoms with Crippen molar-refractivity contribution in [2.75, 3.05) is 13.1 Å². The molecular formula is C12H20N4. The molecule has 0 amide bonds. The molecule has 1 saturated heterocycles. The molecule has 1 atom stereocenters. The van der Waals surface area contributed by atoms with Crippen LogP contribution in [0.5, 0.6) is 0 Å². The Hall–Kier alpha value is -0.900. The third kappa shape index (κ3) is 1.86. The van der Waals surface area contributed by atoms with E-state index in [4.69, 9.17) is 0 Å². The molecule has 2 fully saturated rings. The molecule has 1 aliphatic carbocycles. The maximum Gasteiger partial charge on any atom is 0.0728 e. The number of hydrogen-bond donors (Lipinski definition) is 1. The van der Waals surface area contributed by atoms with Gasteiger partial charge in [0.1, 0.15) is 0 Å². The molecule has 16 heavy (non-hydrogen) atoms. The Bertz CT molecular complexity index is 335. The van der Waals surface area contributed by atoms with Crippen molar-refractivity contribution < 1.29 is 0 Å². The molecule has 88 valence electrons. The molecule has 3 rings (SSSR count). The van der Waals surface area contributed by atoms with Crippen LogP contribution in [0.2, 0.25) is 0 Å². The van der Waals surface area contributed by atoms with Gasteiger partial charge >= 0.3 is 0 Å². The molecule has 0 bridgehead atoms. The molecule has 2 heterocycles. The largest absolute Gasteiger partial charge is 0.315 e. The Labute approximate surface area is 96.4 Å². The smallest absolute Gasteiger partial charge is 0.0728 e. The summed E-state index contributed by atoms with van der Waals surface area (Å²) in [5.41, 5.74) is 1.38. The van der Waals surface area contributed by atoms with Gasteiger partial charge in [0.2, 0.25) is 0 Å². The lowest BCUT2D eigenvalue weighted by molar-refractivity contribution is 0.389. The van der Waals surface area contributed by atoms with E-state index in [1.165, 1.54) is 44.2 Å². The van der Waals surface area contributed by atoms with Crippen LogP contribution in [0.15, 0.2) is 6.20 Å². The van der Waals surface area contributed by atoms with Crippen molar-refractivity contribution in [3.8, 4) is 0 Å². The first-order chi connectivity index (χ1) is 7.95. The van der Waals surface area contributed by atoms with E-state index < -0.39 is 0 Å². The molecule has 1 aromatic rings. The van der Waals surface area contributed by atoms with Gasteiger partial charge in [0.05, 0.1) is 17.9 Å². The van der Waals surface area contributed by atoms with Crippen LogP contribution in [0.25, 0.3) is 0 Å². The Balaban J connectivity index is 1.80. The molecule has 1 N–H and O–H groups in total. The van der Waals surface area contributed by atoms with Crippen LogP contribution in [0.4, 0.5) is 0 Å². The minimum atomic E-state index is 0.541. The van der Waals surface area contributed by atoms with Crippen molar-refractivity contribution in [2.24, 2.45) is 0 Å². The number of nitrogens with zero attached hydrogens (tertiary/aromatic N) is 3. The summed E-state index contributed by atoms with van der Waals surface area (Å²) >= 11 is 0. The number of hydrogen-bond acceptors (Lipinski definition) is 3. The van der Waals surface area contributed by atoms with Crippen LogP contribution in [0, 0.1) is 0 Å². The van der Waals surface area contributed by atoms with Crippen LogP contribution < -0.4 is 5.32 Å². The molecule has 1 unspecified atom stereocenters. The third-order valence-corrected chi connectivity index (χ3v) is 4.01. The first-order valence-electron chi connectivity index (χ1n) is 6.56. The molecular weight excluding hydrogens is 200 g/mol. The average molecular weight is 220 g/mol. The van der Waals surface area contributed by atoms with Crippen molar-refractivity contribution in [1.29, 1.82) is 0 Å². The Morgan fingerprint density at radius 2 is 2.06 bits per heavy atom. The second kappa shape index (κ2) is 4.53. The number of aromatic nitrogens is 3. The highest BCUT2D eigenvalue weighted by Gasteiger charge is 2.25. The predicted octanol–water partition coefficient (Wildman–Crippen LogP) is 1.86. The van der Waals surface area contributed by atoms with Gasteiger partial charge in [0, 0.05) is 12.5 Å². The zero-order valence-electron chi connectivity index (χ0n) is 9.73. The third-order valence-electron chi connectivity index (χ3n) is 4.01. The summed E-state index contributed by atoms with van der Waals surface area (Å²) < 4.78 is 2.19. The van der Waals surface area contributed by atoms with Gasteiger partial charge in [-0.1, -0.05) is 24.5 Å². The van der Waals surface area contributed by atoms with Crippen LogP contribution in [-0.4, -0.2) is 28.1 Å². The number of nitrogens with one attached hydrogen (secondary N) is 1. The van der Waals surface area contributed by atoms with Crippen LogP contribution in [0.1, 0.15) is 56.2 Å². The van der Waals surface area contributed by atoms with Gasteiger partial charge in [-0.05, 0) is 25.8 Å². The molecule has 1 aliphatic heterocycles. The first kappa shape index (κ1) is 10.3. The summed E-state index contributed by atoms with van der Waals surface area (Å²) in [6.45, 7) is 2.18. The van der Waals surface area contributed by atoms with E-state index in [9.17, 15) is 0 Å². The summed E-state index contributed by atoms with van der Waals surface area (Å²) in [6, 6.07) is 0.541. The van der Waals surface area contributed by atoms with E-state index in [0.29, 0.717) is 12.0 Å². The summed E-state index contributed by atoms with van der Waals surface area (Å²) in [7, 11) is 0. The molecule has 2 aliphatic rings. The second-order valence-electron chi connectivity index (χ2n) is 5.09. The Morgan fingerprint density at radius 1 is 1.19 bits per heavy atom. The summed E-state index contributed by atoms with van der Waals surface area (Å²) in [6.07, 6.45) is 10.00. The molecule has 4 heteroatoms. The zero-order valence-corrected chi connectivity index (χ0v) is 9.73. The maximum absolute atomic E-state index is 4.30. The quantitative estimate of drug-likeness (QED) is 0.827. The normalized spacial score (nSPS) is 27.4. The SMILES string of the molecule is c1nnn(C2CCNC2)c1C1CCCCC1. The van der Waals surface area contributed by atoms with Gasteiger partial charge in [0.25, 0.3) is 0 Å². The van der Waals surface area contributed by atoms with E-state index in [0.717, 1.165) is 13.1 Å². The minimum Gasteiger partial charge on any atom is -0.315 e. The van der Waals surface area contributed by atoms with Crippen molar-refractivity contribution in [3.05, 3.63) is 11.9 Å². The molecule has 0 aromatic carbocycles. The van der Waals surface area contributed by atoms with Crippen LogP contribution in [-0.2, 0) is 0 Å². The zero-order chi connectivity index (χ0) is 10.8. The Morgan fingerprint density at radius 3 is 2.81 bits per heavy atom. The van der Waals surface area contributed by atoms with Crippen molar-refractivity contribution in [3.63, 3.8) is 0 Å². The van der Waals surface area contributed by atoms with E-state index in [1.807, 2.05) is 6.20 Å². The summed E-state index contributed by atoms with van der Waals surface area (Å²) in [4.78, 5) is 0. The van der Waals surface area contributed by atoms with Gasteiger partial charge in [0.15, 0.2) is 0 Å². The van der Waals surface area contributed by atoms with Crippen LogP contribution in [0.3, 0.4) is 0 Å². The van der Waals surface area contributed by atoms with E-state index in [1.54, 1.807) is 0 Å². The fraction of sp³-hybridized carbons (Fsp3) is 0.833. The van der Waals surface area contributed by atoms with E-state index >= 15 is 0 Å². The Kier molecular flexibility index (Phi) is 2.91. The molecule has 1 saturated carbocycles. The van der Waals surface area contributed by atoms with E-state index in [-0.39, 0.29) is 0 Å². The highest BCUT2D eigenvalue weighted by molar-refractivity contribution is 5.06. The average Bonchev–Trinajstić information content (AvgIpc) is 3.01. The second-order valence-corrected chi connectivity index (χ2v) is 5.09. The van der Waals surface area contributed by atoms with Gasteiger partial charge in [-0.2, -0.15) is 0 Å². The highest BCUT2D eigenvalue weighted by Crippen LogP contribution is 2.33. The lowest BCUT2D eigenvalue weighted by atomic mass is 9.87. The van der Waals surface area contributed by atoms with Crippen LogP contribution >= 0.6 is 0 Å². The van der Waals surface area contributed by atoms with Crippen molar-refractivity contribution in [1.82, 2.24) is 20.3 Å². The monoisotopic (exact) mass is 220 g/mol. The summed E-state index contributed by atoms with van der Waals surface area (Å²) in [5.74, 6) is 0.712. The standard InChI is InChI=1S/C12H20N4/c1-2-4-10(5-3-1)12-9-14-15-16(12)11-6-7-13-8-11/h9-11,13H,1-8H2. The molecule has 0 spiro atoms. The van der Waals surface area contributed by atoms with Crippen molar-refractivity contribution in [2.45, 2.75) is 50.5 Å². The van der Waals surface area contributed by atoms with Gasteiger partial charge in [-0.25, -0.2) is 4.68 Å². The number of rotatable bonds is 2. The van der Waals surface area contributed by atoms with Gasteiger partial charge < -0.3 is 5.32 Å². The highest BCUT2D eigenvalue weighted by atomic mass is 15.4. The molecule has 0 radical (unpaired) electrons. The van der Waals surface area contributed by atoms with Crippen molar-refractivity contribution >= 4 is 0 Å². The molecule has 1 aromatic heterocycles. The lowest BCUT2D eigenvalue weighted by Gasteiger charge is -2.23. The minimum absolute atomic E-state index is 0.541. The lowest BCUT2D eigenvalue weighted by Crippen LogP contribution is -2.19. The maximum atomic E-state index is 4.30.